The lowest BCUT2D eigenvalue weighted by molar-refractivity contribution is 0.0588. The zero-order valence-corrected chi connectivity index (χ0v) is 17.4. The van der Waals surface area contributed by atoms with Gasteiger partial charge in [0.2, 0.25) is 0 Å². The number of carbonyl (C=O) groups is 1. The number of ether oxygens (including phenoxy) is 1. The average molecular weight is 434 g/mol. The van der Waals surface area contributed by atoms with Gasteiger partial charge in [-0.2, -0.15) is 13.1 Å². The number of benzene rings is 2. The molecule has 0 radical (unpaired) electrons. The van der Waals surface area contributed by atoms with Crippen LogP contribution in [0.15, 0.2) is 54.6 Å². The maximum atomic E-state index is 13.8. The summed E-state index contributed by atoms with van der Waals surface area (Å²) < 4.78 is 48.5. The Morgan fingerprint density at radius 3 is 2.70 bits per heavy atom. The van der Waals surface area contributed by atoms with Gasteiger partial charge in [-0.1, -0.05) is 36.4 Å². The fourth-order valence-corrected chi connectivity index (χ4v) is 6.07. The number of anilines is 1. The molecule has 4 rings (SSSR count). The summed E-state index contributed by atoms with van der Waals surface area (Å²) in [5.41, 5.74) is 0.421. The van der Waals surface area contributed by atoms with E-state index < -0.39 is 27.7 Å². The van der Waals surface area contributed by atoms with Gasteiger partial charge in [0, 0.05) is 19.1 Å². The second kappa shape index (κ2) is 7.88. The third-order valence-corrected chi connectivity index (χ3v) is 7.35. The normalized spacial score (nSPS) is 25.5. The van der Waals surface area contributed by atoms with Crippen molar-refractivity contribution in [2.45, 2.75) is 38.0 Å². The molecule has 7 nitrogen and oxygen atoms in total. The van der Waals surface area contributed by atoms with Crippen LogP contribution in [0.3, 0.4) is 0 Å². The van der Waals surface area contributed by atoms with E-state index in [1.54, 1.807) is 11.0 Å². The van der Waals surface area contributed by atoms with Gasteiger partial charge >= 0.3 is 16.3 Å². The van der Waals surface area contributed by atoms with Crippen molar-refractivity contribution >= 4 is 22.0 Å². The fraction of sp³-hybridized carbons (Fsp3) is 0.381. The quantitative estimate of drug-likeness (QED) is 0.807. The summed E-state index contributed by atoms with van der Waals surface area (Å²) in [5.74, 6) is -0.500. The number of hydrogen-bond donors (Lipinski definition) is 1. The maximum absolute atomic E-state index is 13.8. The van der Waals surface area contributed by atoms with Crippen molar-refractivity contribution in [2.24, 2.45) is 0 Å². The molecule has 30 heavy (non-hydrogen) atoms. The highest BCUT2D eigenvalue weighted by Crippen LogP contribution is 2.40. The average Bonchev–Trinajstić information content (AvgIpc) is 2.97. The van der Waals surface area contributed by atoms with E-state index in [0.717, 1.165) is 5.56 Å². The molecule has 0 saturated carbocycles. The molecular formula is C21H24FN3O4S. The number of piperidine rings is 1. The van der Waals surface area contributed by atoms with Crippen molar-refractivity contribution in [2.75, 3.05) is 17.4 Å². The highest BCUT2D eigenvalue weighted by Gasteiger charge is 2.53. The van der Waals surface area contributed by atoms with Crippen LogP contribution in [0.1, 0.15) is 25.3 Å². The third kappa shape index (κ3) is 3.87. The summed E-state index contributed by atoms with van der Waals surface area (Å²) in [5, 5.41) is 0. The van der Waals surface area contributed by atoms with Crippen molar-refractivity contribution in [3.63, 3.8) is 0 Å². The summed E-state index contributed by atoms with van der Waals surface area (Å²) in [6, 6.07) is 14.8. The molecule has 1 spiro atoms. The van der Waals surface area contributed by atoms with Gasteiger partial charge in [-0.25, -0.2) is 9.18 Å². The number of amides is 1. The van der Waals surface area contributed by atoms with Gasteiger partial charge in [-0.3, -0.25) is 4.31 Å². The SMILES string of the molecule is C[C@H]1CC2(CCN1C(=O)OCc1ccccc1)CNS(=O)(=O)N2c1cccc(F)c1. The van der Waals surface area contributed by atoms with Crippen LogP contribution in [-0.4, -0.2) is 44.1 Å². The number of likely N-dealkylation sites (tertiary alicyclic amines) is 1. The Bertz CT molecular complexity index is 1030. The van der Waals surface area contributed by atoms with E-state index in [9.17, 15) is 17.6 Å². The minimum atomic E-state index is -3.79. The van der Waals surface area contributed by atoms with E-state index >= 15 is 0 Å². The highest BCUT2D eigenvalue weighted by atomic mass is 32.2. The van der Waals surface area contributed by atoms with Crippen molar-refractivity contribution in [3.05, 3.63) is 66.0 Å². The van der Waals surface area contributed by atoms with Gasteiger partial charge in [0.05, 0.1) is 11.2 Å². The van der Waals surface area contributed by atoms with Gasteiger partial charge < -0.3 is 9.64 Å². The molecule has 1 unspecified atom stereocenters. The van der Waals surface area contributed by atoms with Crippen molar-refractivity contribution in [1.82, 2.24) is 9.62 Å². The smallest absolute Gasteiger partial charge is 0.410 e. The van der Waals surface area contributed by atoms with Crippen LogP contribution in [0, 0.1) is 5.82 Å². The Kier molecular flexibility index (Phi) is 5.42. The van der Waals surface area contributed by atoms with Crippen LogP contribution >= 0.6 is 0 Å². The Morgan fingerprint density at radius 1 is 1.23 bits per heavy atom. The van der Waals surface area contributed by atoms with E-state index in [2.05, 4.69) is 4.72 Å². The molecule has 2 aromatic carbocycles. The molecule has 0 aromatic heterocycles. The van der Waals surface area contributed by atoms with Crippen LogP contribution in [0.5, 0.6) is 0 Å². The number of halogens is 1. The van der Waals surface area contributed by atoms with E-state index in [-0.39, 0.29) is 24.9 Å². The minimum absolute atomic E-state index is 0.180. The summed E-state index contributed by atoms with van der Waals surface area (Å²) in [7, 11) is -3.79. The number of hydrogen-bond acceptors (Lipinski definition) is 4. The third-order valence-electron chi connectivity index (χ3n) is 5.76. The van der Waals surface area contributed by atoms with E-state index in [1.807, 2.05) is 37.3 Å². The summed E-state index contributed by atoms with van der Waals surface area (Å²) in [4.78, 5) is 14.2. The minimum Gasteiger partial charge on any atom is -0.445 e. The van der Waals surface area contributed by atoms with Crippen LogP contribution in [-0.2, 0) is 21.6 Å². The predicted molar refractivity (Wildman–Crippen MR) is 111 cm³/mol. The first kappa shape index (κ1) is 20.6. The summed E-state index contributed by atoms with van der Waals surface area (Å²) in [6.45, 7) is 2.61. The monoisotopic (exact) mass is 433 g/mol. The Balaban J connectivity index is 1.50. The van der Waals surface area contributed by atoms with Crippen LogP contribution in [0.25, 0.3) is 0 Å². The molecule has 1 amide bonds. The number of rotatable bonds is 3. The molecule has 2 atom stereocenters. The van der Waals surface area contributed by atoms with Crippen molar-refractivity contribution < 1.29 is 22.3 Å². The molecule has 0 aliphatic carbocycles. The Hall–Kier alpha value is -2.65. The molecule has 9 heteroatoms. The first-order chi connectivity index (χ1) is 14.3. The predicted octanol–water partition coefficient (Wildman–Crippen LogP) is 3.04. The molecule has 0 bridgehead atoms. The number of nitrogens with zero attached hydrogens (tertiary/aromatic N) is 2. The van der Waals surface area contributed by atoms with Crippen LogP contribution < -0.4 is 9.03 Å². The van der Waals surface area contributed by atoms with Gasteiger partial charge in [-0.15, -0.1) is 0 Å². The fourth-order valence-electron chi connectivity index (χ4n) is 4.36. The summed E-state index contributed by atoms with van der Waals surface area (Å²) >= 11 is 0. The van der Waals surface area contributed by atoms with Crippen LogP contribution in [0.2, 0.25) is 0 Å². The number of carbonyl (C=O) groups excluding carboxylic acids is 1. The van der Waals surface area contributed by atoms with Gasteiger partial charge in [0.1, 0.15) is 12.4 Å². The first-order valence-corrected chi connectivity index (χ1v) is 11.3. The topological polar surface area (TPSA) is 79.0 Å². The second-order valence-electron chi connectivity index (χ2n) is 7.83. The molecule has 160 valence electrons. The molecule has 2 aliphatic heterocycles. The zero-order valence-electron chi connectivity index (χ0n) is 16.6. The lowest BCUT2D eigenvalue weighted by Crippen LogP contribution is -2.58. The zero-order chi connectivity index (χ0) is 21.4. The maximum Gasteiger partial charge on any atom is 0.410 e. The van der Waals surface area contributed by atoms with Gasteiger partial charge in [0.15, 0.2) is 0 Å². The lowest BCUT2D eigenvalue weighted by Gasteiger charge is -2.46. The van der Waals surface area contributed by atoms with E-state index in [1.165, 1.54) is 22.5 Å². The highest BCUT2D eigenvalue weighted by molar-refractivity contribution is 7.91. The van der Waals surface area contributed by atoms with E-state index in [4.69, 9.17) is 4.74 Å². The molecule has 2 aliphatic rings. The molecule has 2 aromatic rings. The van der Waals surface area contributed by atoms with Gasteiger partial charge in [0.25, 0.3) is 0 Å². The largest absolute Gasteiger partial charge is 0.445 e. The Labute approximate surface area is 175 Å². The standard InChI is InChI=1S/C21H24FN3O4S/c1-16-13-21(10-11-24(16)20(26)29-14-17-6-3-2-4-7-17)15-23-30(27,28)25(21)19-9-5-8-18(22)12-19/h2-9,12,16,23H,10-11,13-15H2,1H3/t16-,21?/m0/s1. The summed E-state index contributed by atoms with van der Waals surface area (Å²) in [6.07, 6.45) is 0.406. The van der Waals surface area contributed by atoms with E-state index in [0.29, 0.717) is 19.4 Å². The van der Waals surface area contributed by atoms with Crippen molar-refractivity contribution in [3.8, 4) is 0 Å². The first-order valence-electron chi connectivity index (χ1n) is 9.84. The molecule has 1 N–H and O–H groups in total. The molecule has 2 fully saturated rings. The molecule has 2 saturated heterocycles. The second-order valence-corrected chi connectivity index (χ2v) is 9.44. The molecular weight excluding hydrogens is 409 g/mol. The number of nitrogens with one attached hydrogen (secondary N) is 1. The Morgan fingerprint density at radius 2 is 2.00 bits per heavy atom. The van der Waals surface area contributed by atoms with Crippen LogP contribution in [0.4, 0.5) is 14.9 Å². The van der Waals surface area contributed by atoms with Gasteiger partial charge in [-0.05, 0) is 43.5 Å². The molecule has 2 heterocycles. The lowest BCUT2D eigenvalue weighted by atomic mass is 9.83. The van der Waals surface area contributed by atoms with Crippen molar-refractivity contribution in [1.29, 1.82) is 0 Å².